The van der Waals surface area contributed by atoms with Crippen molar-refractivity contribution < 1.29 is 52.7 Å². The molecule has 0 aromatic carbocycles. The van der Waals surface area contributed by atoms with Gasteiger partial charge in [-0.3, -0.25) is 4.18 Å². The SMILES string of the molecule is O=S(=O)([O-])O[C@H](CO)[C@@H](O)C[NH+]1[C@@H](CO)[C@@H](O)[C@H](O)[C@@H]1CO. The van der Waals surface area contributed by atoms with Gasteiger partial charge in [0.25, 0.3) is 0 Å². The number of hydrogen-bond donors (Lipinski definition) is 7. The Hall–Kier alpha value is -0.410. The summed E-state index contributed by atoms with van der Waals surface area (Å²) in [5.74, 6) is 0. The van der Waals surface area contributed by atoms with E-state index >= 15 is 0 Å². The molecule has 1 heterocycles. The third-order valence-electron chi connectivity index (χ3n) is 3.82. The molecule has 0 amide bonds. The van der Waals surface area contributed by atoms with Crippen LogP contribution in [0.4, 0.5) is 0 Å². The lowest BCUT2D eigenvalue weighted by atomic mass is 10.1. The molecule has 0 spiro atoms. The van der Waals surface area contributed by atoms with E-state index in [2.05, 4.69) is 4.18 Å². The van der Waals surface area contributed by atoms with Gasteiger partial charge in [0.05, 0.1) is 19.8 Å². The second-order valence-corrected chi connectivity index (χ2v) is 6.14. The fraction of sp³-hybridized carbons (Fsp3) is 1.00. The van der Waals surface area contributed by atoms with Crippen LogP contribution in [0.5, 0.6) is 0 Å². The van der Waals surface area contributed by atoms with E-state index in [0.29, 0.717) is 0 Å². The molecule has 11 nitrogen and oxygen atoms in total. The minimum atomic E-state index is -5.15. The smallest absolute Gasteiger partial charge is 0.218 e. The van der Waals surface area contributed by atoms with E-state index in [-0.39, 0.29) is 11.4 Å². The Kier molecular flexibility index (Phi) is 7.07. The highest BCUT2D eigenvalue weighted by molar-refractivity contribution is 7.80. The summed E-state index contributed by atoms with van der Waals surface area (Å²) in [6.45, 7) is -2.48. The summed E-state index contributed by atoms with van der Waals surface area (Å²) in [4.78, 5) is 0.197. The lowest BCUT2D eigenvalue weighted by molar-refractivity contribution is -0.942. The normalized spacial score (nSPS) is 35.5. The monoisotopic (exact) mass is 347 g/mol. The molecule has 1 aliphatic rings. The average molecular weight is 347 g/mol. The predicted octanol–water partition coefficient (Wildman–Crippen LogP) is -6.47. The molecular formula is C10H21NO10S. The van der Waals surface area contributed by atoms with Crippen molar-refractivity contribution in [3.63, 3.8) is 0 Å². The molecular weight excluding hydrogens is 326 g/mol. The van der Waals surface area contributed by atoms with Crippen LogP contribution in [0, 0.1) is 0 Å². The first kappa shape index (κ1) is 19.6. The molecule has 7 N–H and O–H groups in total. The first-order valence-electron chi connectivity index (χ1n) is 6.52. The van der Waals surface area contributed by atoms with Gasteiger partial charge in [-0.25, -0.2) is 8.42 Å². The van der Waals surface area contributed by atoms with Gasteiger partial charge in [-0.2, -0.15) is 0 Å². The third kappa shape index (κ3) is 4.55. The van der Waals surface area contributed by atoms with Gasteiger partial charge in [0.1, 0.15) is 43.0 Å². The minimum Gasteiger partial charge on any atom is -0.726 e. The van der Waals surface area contributed by atoms with E-state index in [1.54, 1.807) is 0 Å². The number of aliphatic hydroxyl groups excluding tert-OH is 6. The van der Waals surface area contributed by atoms with Crippen molar-refractivity contribution in [2.45, 2.75) is 36.5 Å². The van der Waals surface area contributed by atoms with Crippen LogP contribution in [0.25, 0.3) is 0 Å². The van der Waals surface area contributed by atoms with Gasteiger partial charge in [-0.15, -0.1) is 0 Å². The third-order valence-corrected chi connectivity index (χ3v) is 4.30. The number of nitrogens with one attached hydrogen (secondary N) is 1. The summed E-state index contributed by atoms with van der Waals surface area (Å²) in [5, 5.41) is 56.9. The molecule has 1 rings (SSSR count). The van der Waals surface area contributed by atoms with Crippen LogP contribution in [0.15, 0.2) is 0 Å². The molecule has 0 aromatic rings. The Bertz CT molecular complexity index is 429. The summed E-state index contributed by atoms with van der Waals surface area (Å²) in [6.07, 6.45) is -6.10. The largest absolute Gasteiger partial charge is 0.726 e. The topological polar surface area (TPSA) is 192 Å². The average Bonchev–Trinajstić information content (AvgIpc) is 2.66. The van der Waals surface area contributed by atoms with Gasteiger partial charge in [-0.1, -0.05) is 0 Å². The maximum absolute atomic E-state index is 10.5. The summed E-state index contributed by atoms with van der Waals surface area (Å²) >= 11 is 0. The highest BCUT2D eigenvalue weighted by Gasteiger charge is 2.52. The number of aliphatic hydroxyl groups is 6. The molecule has 22 heavy (non-hydrogen) atoms. The molecule has 0 unspecified atom stereocenters. The summed E-state index contributed by atoms with van der Waals surface area (Å²) in [6, 6.07) is -1.88. The van der Waals surface area contributed by atoms with Crippen LogP contribution in [-0.4, -0.2) is 106 Å². The van der Waals surface area contributed by atoms with Gasteiger partial charge < -0.3 is 40.1 Å². The van der Waals surface area contributed by atoms with Crippen LogP contribution in [0.3, 0.4) is 0 Å². The lowest BCUT2D eigenvalue weighted by Crippen LogP contribution is -3.20. The van der Waals surface area contributed by atoms with Crippen molar-refractivity contribution in [3.8, 4) is 0 Å². The highest BCUT2D eigenvalue weighted by atomic mass is 32.3. The van der Waals surface area contributed by atoms with Crippen LogP contribution < -0.4 is 4.90 Å². The predicted molar refractivity (Wildman–Crippen MR) is 67.3 cm³/mol. The quantitative estimate of drug-likeness (QED) is 0.164. The highest BCUT2D eigenvalue weighted by Crippen LogP contribution is 2.10. The first-order valence-corrected chi connectivity index (χ1v) is 7.86. The van der Waals surface area contributed by atoms with Crippen LogP contribution in [0.1, 0.15) is 0 Å². The van der Waals surface area contributed by atoms with Gasteiger partial charge in [0.15, 0.2) is 0 Å². The van der Waals surface area contributed by atoms with Crippen molar-refractivity contribution in [1.82, 2.24) is 0 Å². The molecule has 0 aliphatic carbocycles. The van der Waals surface area contributed by atoms with Crippen molar-refractivity contribution in [3.05, 3.63) is 0 Å². The zero-order chi connectivity index (χ0) is 17.1. The van der Waals surface area contributed by atoms with Gasteiger partial charge in [0, 0.05) is 0 Å². The number of quaternary nitrogens is 1. The Morgan fingerprint density at radius 3 is 1.86 bits per heavy atom. The number of hydrogen-bond acceptors (Lipinski definition) is 10. The summed E-state index contributed by atoms with van der Waals surface area (Å²) < 4.78 is 35.6. The van der Waals surface area contributed by atoms with E-state index in [1.165, 1.54) is 0 Å². The molecule has 1 saturated heterocycles. The molecule has 132 valence electrons. The Morgan fingerprint density at radius 2 is 1.55 bits per heavy atom. The fourth-order valence-electron chi connectivity index (χ4n) is 2.68. The maximum Gasteiger partial charge on any atom is 0.218 e. The zero-order valence-corrected chi connectivity index (χ0v) is 12.3. The standard InChI is InChI=1S/C10H21NO10S/c12-2-5-9(16)10(17)6(3-13)11(5)1-7(15)8(4-14)21-22(18,19)20/h5-10,12-17H,1-4H2,(H,18,19,20)/t5-,6-,7-,8+,9+,10+/m0/s1. The molecule has 12 heteroatoms. The molecule has 0 radical (unpaired) electrons. The van der Waals surface area contributed by atoms with Crippen LogP contribution >= 0.6 is 0 Å². The lowest BCUT2D eigenvalue weighted by Gasteiger charge is -2.30. The summed E-state index contributed by atoms with van der Waals surface area (Å²) in [7, 11) is -5.15. The van der Waals surface area contributed by atoms with E-state index in [0.717, 1.165) is 0 Å². The minimum absolute atomic E-state index is 0.197. The van der Waals surface area contributed by atoms with Crippen LogP contribution in [0.2, 0.25) is 0 Å². The van der Waals surface area contributed by atoms with Gasteiger partial charge in [-0.05, 0) is 0 Å². The second kappa shape index (κ2) is 7.92. The molecule has 1 fully saturated rings. The first-order chi connectivity index (χ1) is 10.2. The number of rotatable bonds is 8. The molecule has 0 saturated carbocycles. The molecule has 1 aliphatic heterocycles. The maximum atomic E-state index is 10.5. The Morgan fingerprint density at radius 1 is 1.09 bits per heavy atom. The van der Waals surface area contributed by atoms with Crippen molar-refractivity contribution in [2.24, 2.45) is 0 Å². The Labute approximate surface area is 126 Å². The molecule has 6 atom stereocenters. The van der Waals surface area contributed by atoms with E-state index < -0.39 is 66.7 Å². The fourth-order valence-corrected chi connectivity index (χ4v) is 3.18. The van der Waals surface area contributed by atoms with Crippen molar-refractivity contribution in [2.75, 3.05) is 26.4 Å². The number of likely N-dealkylation sites (tertiary alicyclic amines) is 1. The van der Waals surface area contributed by atoms with Gasteiger partial charge in [0.2, 0.25) is 10.4 Å². The van der Waals surface area contributed by atoms with Crippen molar-refractivity contribution >= 4 is 10.4 Å². The van der Waals surface area contributed by atoms with E-state index in [4.69, 9.17) is 5.11 Å². The Balaban J connectivity index is 2.84. The second-order valence-electron chi connectivity index (χ2n) is 5.13. The van der Waals surface area contributed by atoms with Gasteiger partial charge >= 0.3 is 0 Å². The molecule has 0 bridgehead atoms. The van der Waals surface area contributed by atoms with E-state index in [9.17, 15) is 38.5 Å². The summed E-state index contributed by atoms with van der Waals surface area (Å²) in [5.41, 5.74) is 0. The van der Waals surface area contributed by atoms with Crippen molar-refractivity contribution in [1.29, 1.82) is 0 Å². The molecule has 0 aromatic heterocycles. The van der Waals surface area contributed by atoms with E-state index in [1.807, 2.05) is 0 Å². The van der Waals surface area contributed by atoms with Crippen LogP contribution in [-0.2, 0) is 14.6 Å². The zero-order valence-electron chi connectivity index (χ0n) is 11.5.